The summed E-state index contributed by atoms with van der Waals surface area (Å²) in [6.45, 7) is 0.509. The average Bonchev–Trinajstić information content (AvgIpc) is 2.70. The Bertz CT molecular complexity index is 1030. The molecule has 6 nitrogen and oxygen atoms in total. The van der Waals surface area contributed by atoms with Crippen molar-refractivity contribution in [3.05, 3.63) is 70.0 Å². The predicted octanol–water partition coefficient (Wildman–Crippen LogP) is 2.86. The van der Waals surface area contributed by atoms with E-state index in [1.54, 1.807) is 32.2 Å². The van der Waals surface area contributed by atoms with Crippen LogP contribution in [0.4, 0.5) is 0 Å². The smallest absolute Gasteiger partial charge is 0.254 e. The highest BCUT2D eigenvalue weighted by Gasteiger charge is 2.16. The van der Waals surface area contributed by atoms with Gasteiger partial charge in [-0.25, -0.2) is 0 Å². The summed E-state index contributed by atoms with van der Waals surface area (Å²) in [5, 5.41) is 0.736. The maximum Gasteiger partial charge on any atom is 0.254 e. The van der Waals surface area contributed by atoms with Gasteiger partial charge in [-0.15, -0.1) is 0 Å². The molecule has 3 rings (SSSR count). The molecule has 1 heterocycles. The minimum Gasteiger partial charge on any atom is -0.493 e. The molecular formula is C21H22N2O4. The average molecular weight is 366 g/mol. The van der Waals surface area contributed by atoms with E-state index in [1.807, 2.05) is 36.4 Å². The van der Waals surface area contributed by atoms with E-state index in [0.717, 1.165) is 10.9 Å². The molecule has 0 aliphatic carbocycles. The van der Waals surface area contributed by atoms with Gasteiger partial charge in [0.25, 0.3) is 5.91 Å². The molecule has 0 aliphatic heterocycles. The summed E-state index contributed by atoms with van der Waals surface area (Å²) in [6, 6.07) is 14.4. The summed E-state index contributed by atoms with van der Waals surface area (Å²) in [5.41, 5.74) is 1.80. The fourth-order valence-corrected chi connectivity index (χ4v) is 3.02. The summed E-state index contributed by atoms with van der Waals surface area (Å²) < 4.78 is 10.6. The third-order valence-electron chi connectivity index (χ3n) is 4.51. The van der Waals surface area contributed by atoms with Crippen LogP contribution in [0.3, 0.4) is 0 Å². The minimum atomic E-state index is -0.287. The maximum atomic E-state index is 12.9. The van der Waals surface area contributed by atoms with Gasteiger partial charge in [-0.2, -0.15) is 0 Å². The van der Waals surface area contributed by atoms with Gasteiger partial charge < -0.3 is 19.4 Å². The number of carbonyl (C=O) groups excluding carboxylic acids is 1. The van der Waals surface area contributed by atoms with Crippen molar-refractivity contribution in [3.63, 3.8) is 0 Å². The van der Waals surface area contributed by atoms with Gasteiger partial charge in [-0.05, 0) is 30.2 Å². The number of H-pyrrole nitrogens is 1. The normalized spacial score (nSPS) is 10.6. The fourth-order valence-electron chi connectivity index (χ4n) is 3.02. The third kappa shape index (κ3) is 3.95. The lowest BCUT2D eigenvalue weighted by atomic mass is 10.1. The number of nitrogens with zero attached hydrogens (tertiary/aromatic N) is 1. The number of nitrogens with one attached hydrogen (secondary N) is 1. The number of pyridine rings is 1. The predicted molar refractivity (Wildman–Crippen MR) is 105 cm³/mol. The van der Waals surface area contributed by atoms with E-state index in [0.29, 0.717) is 35.5 Å². The number of hydrogen-bond acceptors (Lipinski definition) is 4. The molecule has 0 spiro atoms. The number of methoxy groups -OCH3 is 2. The molecule has 0 radical (unpaired) electrons. The van der Waals surface area contributed by atoms with Gasteiger partial charge in [0.05, 0.1) is 19.8 Å². The molecule has 140 valence electrons. The Morgan fingerprint density at radius 3 is 2.52 bits per heavy atom. The number of hydrogen-bond donors (Lipinski definition) is 1. The first-order valence-electron chi connectivity index (χ1n) is 8.62. The van der Waals surface area contributed by atoms with Crippen LogP contribution in [0.15, 0.2) is 53.3 Å². The fraction of sp³-hybridized carbons (Fsp3) is 0.238. The van der Waals surface area contributed by atoms with Crippen LogP contribution >= 0.6 is 0 Å². The van der Waals surface area contributed by atoms with Gasteiger partial charge in [0, 0.05) is 30.6 Å². The molecule has 1 N–H and O–H groups in total. The molecule has 0 fully saturated rings. The second-order valence-corrected chi connectivity index (χ2v) is 6.26. The number of amides is 1. The Morgan fingerprint density at radius 1 is 1.04 bits per heavy atom. The van der Waals surface area contributed by atoms with E-state index in [1.165, 1.54) is 6.07 Å². The first-order chi connectivity index (χ1) is 13.0. The number of para-hydroxylation sites is 1. The highest BCUT2D eigenvalue weighted by molar-refractivity contribution is 6.05. The Labute approximate surface area is 157 Å². The highest BCUT2D eigenvalue weighted by atomic mass is 16.5. The Hall–Kier alpha value is -3.28. The molecule has 0 aliphatic rings. The molecule has 1 aromatic heterocycles. The number of aromatic amines is 1. The summed E-state index contributed by atoms with van der Waals surface area (Å²) >= 11 is 0. The number of benzene rings is 2. The zero-order valence-electron chi connectivity index (χ0n) is 15.6. The first kappa shape index (κ1) is 18.5. The number of fused-ring (bicyclic) bond motifs is 1. The topological polar surface area (TPSA) is 71.6 Å². The molecule has 1 amide bonds. The Balaban J connectivity index is 1.78. The molecular weight excluding hydrogens is 344 g/mol. The molecule has 0 saturated heterocycles. The van der Waals surface area contributed by atoms with E-state index in [-0.39, 0.29) is 11.5 Å². The highest BCUT2D eigenvalue weighted by Crippen LogP contribution is 2.27. The van der Waals surface area contributed by atoms with Gasteiger partial charge in [-0.3, -0.25) is 9.59 Å². The zero-order chi connectivity index (χ0) is 19.4. The lowest BCUT2D eigenvalue weighted by Crippen LogP contribution is -2.30. The van der Waals surface area contributed by atoms with Crippen molar-refractivity contribution in [1.29, 1.82) is 0 Å². The van der Waals surface area contributed by atoms with E-state index < -0.39 is 0 Å². The SMILES string of the molecule is COc1ccc(CCN(C)C(=O)c2cc(=O)[nH]c3ccccc23)cc1OC. The standard InChI is InChI=1S/C21H22N2O4/c1-23(11-10-14-8-9-18(26-2)19(12-14)27-3)21(25)16-13-20(24)22-17-7-5-4-6-15(16)17/h4-9,12-13H,10-11H2,1-3H3,(H,22,24). The molecule has 0 bridgehead atoms. The number of ether oxygens (including phenoxy) is 2. The molecule has 3 aromatic rings. The maximum absolute atomic E-state index is 12.9. The van der Waals surface area contributed by atoms with Crippen molar-refractivity contribution in [2.75, 3.05) is 27.8 Å². The van der Waals surface area contributed by atoms with E-state index in [4.69, 9.17) is 9.47 Å². The van der Waals surface area contributed by atoms with Crippen LogP contribution in [-0.4, -0.2) is 43.6 Å². The molecule has 27 heavy (non-hydrogen) atoms. The summed E-state index contributed by atoms with van der Waals surface area (Å²) in [7, 11) is 4.92. The van der Waals surface area contributed by atoms with Crippen molar-refractivity contribution < 1.29 is 14.3 Å². The minimum absolute atomic E-state index is 0.183. The van der Waals surface area contributed by atoms with E-state index in [2.05, 4.69) is 4.98 Å². The molecule has 0 saturated carbocycles. The summed E-state index contributed by atoms with van der Waals surface area (Å²) in [6.07, 6.45) is 0.656. The zero-order valence-corrected chi connectivity index (χ0v) is 15.6. The van der Waals surface area contributed by atoms with Crippen LogP contribution in [0.2, 0.25) is 0 Å². The number of carbonyl (C=O) groups is 1. The van der Waals surface area contributed by atoms with Crippen LogP contribution in [0.25, 0.3) is 10.9 Å². The number of rotatable bonds is 6. The van der Waals surface area contributed by atoms with Gasteiger partial charge in [0.1, 0.15) is 0 Å². The molecule has 0 unspecified atom stereocenters. The van der Waals surface area contributed by atoms with Crippen LogP contribution in [-0.2, 0) is 6.42 Å². The van der Waals surface area contributed by atoms with Crippen molar-refractivity contribution in [3.8, 4) is 11.5 Å². The quantitative estimate of drug-likeness (QED) is 0.728. The lowest BCUT2D eigenvalue weighted by Gasteiger charge is -2.18. The summed E-state index contributed by atoms with van der Waals surface area (Å²) in [5.74, 6) is 1.14. The van der Waals surface area contributed by atoms with Crippen molar-refractivity contribution in [2.24, 2.45) is 0 Å². The van der Waals surface area contributed by atoms with Crippen molar-refractivity contribution >= 4 is 16.8 Å². The monoisotopic (exact) mass is 366 g/mol. The van der Waals surface area contributed by atoms with Crippen LogP contribution < -0.4 is 15.0 Å². The summed E-state index contributed by atoms with van der Waals surface area (Å²) in [4.78, 5) is 29.1. The molecule has 0 atom stereocenters. The lowest BCUT2D eigenvalue weighted by molar-refractivity contribution is 0.0798. The van der Waals surface area contributed by atoms with Crippen LogP contribution in [0.1, 0.15) is 15.9 Å². The first-order valence-corrected chi connectivity index (χ1v) is 8.62. The van der Waals surface area contributed by atoms with Gasteiger partial charge in [0.15, 0.2) is 11.5 Å². The largest absolute Gasteiger partial charge is 0.493 e. The van der Waals surface area contributed by atoms with Crippen LogP contribution in [0, 0.1) is 0 Å². The van der Waals surface area contributed by atoms with Gasteiger partial charge in [-0.1, -0.05) is 24.3 Å². The second kappa shape index (κ2) is 7.95. The number of aromatic nitrogens is 1. The van der Waals surface area contributed by atoms with Gasteiger partial charge in [0.2, 0.25) is 5.56 Å². The van der Waals surface area contributed by atoms with Gasteiger partial charge >= 0.3 is 0 Å². The van der Waals surface area contributed by atoms with E-state index >= 15 is 0 Å². The second-order valence-electron chi connectivity index (χ2n) is 6.26. The van der Waals surface area contributed by atoms with E-state index in [9.17, 15) is 9.59 Å². The van der Waals surface area contributed by atoms with Crippen molar-refractivity contribution in [2.45, 2.75) is 6.42 Å². The van der Waals surface area contributed by atoms with Crippen LogP contribution in [0.5, 0.6) is 11.5 Å². The Morgan fingerprint density at radius 2 is 1.78 bits per heavy atom. The Kier molecular flexibility index (Phi) is 5.45. The number of likely N-dealkylation sites (N-methyl/N-ethyl adjacent to an activating group) is 1. The third-order valence-corrected chi connectivity index (χ3v) is 4.51. The molecule has 2 aromatic carbocycles. The molecule has 6 heteroatoms. The van der Waals surface area contributed by atoms with Crippen molar-refractivity contribution in [1.82, 2.24) is 9.88 Å².